The van der Waals surface area contributed by atoms with Crippen LogP contribution >= 0.6 is 0 Å². The summed E-state index contributed by atoms with van der Waals surface area (Å²) in [6, 6.07) is 12.7. The van der Waals surface area contributed by atoms with Crippen molar-refractivity contribution in [3.05, 3.63) is 46.8 Å². The predicted octanol–water partition coefficient (Wildman–Crippen LogP) is 1.39. The van der Waals surface area contributed by atoms with E-state index in [2.05, 4.69) is 42.5 Å². The Hall–Kier alpha value is -1.76. The minimum absolute atomic E-state index is 0.686. The molecule has 0 saturated carbocycles. The van der Waals surface area contributed by atoms with Gasteiger partial charge >= 0.3 is 0 Å². The molecule has 1 heteroatoms. The monoisotopic (exact) mass is 182 g/mol. The Morgan fingerprint density at radius 3 is 2.93 bits per heavy atom. The average Bonchev–Trinajstić information content (AvgIpc) is 2.29. The average molecular weight is 182 g/mol. The zero-order valence-corrected chi connectivity index (χ0v) is 7.73. The largest absolute Gasteiger partial charge is 0.496 e. The van der Waals surface area contributed by atoms with Crippen molar-refractivity contribution < 1.29 is 4.74 Å². The van der Waals surface area contributed by atoms with Crippen LogP contribution in [0.15, 0.2) is 36.4 Å². The van der Waals surface area contributed by atoms with Crippen molar-refractivity contribution in [2.45, 2.75) is 0 Å². The summed E-state index contributed by atoms with van der Waals surface area (Å²) in [5.41, 5.74) is 0. The highest BCUT2D eigenvalue weighted by Crippen LogP contribution is 2.06. The number of benzene rings is 2. The molecule has 0 spiro atoms. The van der Waals surface area contributed by atoms with Gasteiger partial charge in [-0.3, -0.25) is 0 Å². The summed E-state index contributed by atoms with van der Waals surface area (Å²) >= 11 is 0. The fourth-order valence-corrected chi connectivity index (χ4v) is 1.89. The van der Waals surface area contributed by atoms with Crippen LogP contribution in [0.5, 0.6) is 0 Å². The lowest BCUT2D eigenvalue weighted by molar-refractivity contribution is 0.346. The molecule has 2 aromatic rings. The van der Waals surface area contributed by atoms with Crippen LogP contribution in [-0.4, -0.2) is 6.61 Å². The zero-order chi connectivity index (χ0) is 9.38. The maximum absolute atomic E-state index is 5.32. The SMILES string of the molecule is C1=c2ccc3ccccc3c2=COC1. The van der Waals surface area contributed by atoms with Gasteiger partial charge in [0.05, 0.1) is 6.26 Å². The zero-order valence-electron chi connectivity index (χ0n) is 7.73. The molecule has 0 aromatic heterocycles. The second-order valence-corrected chi connectivity index (χ2v) is 3.44. The minimum Gasteiger partial charge on any atom is -0.496 e. The highest BCUT2D eigenvalue weighted by molar-refractivity contribution is 5.83. The van der Waals surface area contributed by atoms with E-state index in [9.17, 15) is 0 Å². The van der Waals surface area contributed by atoms with Gasteiger partial charge in [-0.15, -0.1) is 0 Å². The van der Waals surface area contributed by atoms with E-state index in [4.69, 9.17) is 4.74 Å². The lowest BCUT2D eigenvalue weighted by atomic mass is 10.1. The van der Waals surface area contributed by atoms with Crippen LogP contribution in [-0.2, 0) is 4.74 Å². The van der Waals surface area contributed by atoms with E-state index in [0.29, 0.717) is 6.61 Å². The first kappa shape index (κ1) is 7.63. The van der Waals surface area contributed by atoms with Gasteiger partial charge < -0.3 is 4.74 Å². The van der Waals surface area contributed by atoms with E-state index >= 15 is 0 Å². The Labute approximate surface area is 81.9 Å². The highest BCUT2D eigenvalue weighted by Gasteiger charge is 1.98. The lowest BCUT2D eigenvalue weighted by Gasteiger charge is -2.05. The van der Waals surface area contributed by atoms with Crippen molar-refractivity contribution in [2.24, 2.45) is 0 Å². The van der Waals surface area contributed by atoms with Gasteiger partial charge in [-0.1, -0.05) is 36.4 Å². The fraction of sp³-hybridized carbons (Fsp3) is 0.0769. The van der Waals surface area contributed by atoms with Crippen molar-refractivity contribution in [1.82, 2.24) is 0 Å². The van der Waals surface area contributed by atoms with Crippen molar-refractivity contribution >= 4 is 23.1 Å². The number of ether oxygens (including phenoxy) is 1. The predicted molar refractivity (Wildman–Crippen MR) is 58.1 cm³/mol. The van der Waals surface area contributed by atoms with Crippen LogP contribution in [0.1, 0.15) is 0 Å². The second kappa shape index (κ2) is 2.88. The van der Waals surface area contributed by atoms with Gasteiger partial charge in [0.2, 0.25) is 0 Å². The molecule has 0 radical (unpaired) electrons. The Kier molecular flexibility index (Phi) is 1.57. The molecule has 0 N–H and O–H groups in total. The van der Waals surface area contributed by atoms with Gasteiger partial charge in [0.25, 0.3) is 0 Å². The summed E-state index contributed by atoms with van der Waals surface area (Å²) in [5, 5.41) is 5.01. The second-order valence-electron chi connectivity index (χ2n) is 3.44. The van der Waals surface area contributed by atoms with E-state index in [-0.39, 0.29) is 0 Å². The molecule has 68 valence electrons. The Balaban J connectivity index is 2.60. The van der Waals surface area contributed by atoms with Crippen molar-refractivity contribution in [3.63, 3.8) is 0 Å². The van der Waals surface area contributed by atoms with Gasteiger partial charge in [-0.25, -0.2) is 0 Å². The van der Waals surface area contributed by atoms with Crippen LogP contribution < -0.4 is 10.4 Å². The number of hydrogen-bond acceptors (Lipinski definition) is 1. The Morgan fingerprint density at radius 1 is 1.00 bits per heavy atom. The van der Waals surface area contributed by atoms with E-state index in [0.717, 1.165) is 0 Å². The molecular weight excluding hydrogens is 172 g/mol. The first-order chi connectivity index (χ1) is 6.95. The van der Waals surface area contributed by atoms with E-state index in [1.54, 1.807) is 0 Å². The molecule has 0 aliphatic carbocycles. The molecular formula is C13H10O. The fourth-order valence-electron chi connectivity index (χ4n) is 1.89. The third-order valence-electron chi connectivity index (χ3n) is 2.61. The third kappa shape index (κ3) is 1.02. The summed E-state index contributed by atoms with van der Waals surface area (Å²) in [5.74, 6) is 0. The van der Waals surface area contributed by atoms with E-state index in [1.165, 1.54) is 21.2 Å². The van der Waals surface area contributed by atoms with E-state index < -0.39 is 0 Å². The number of fused-ring (bicyclic) bond motifs is 3. The molecule has 1 aliphatic heterocycles. The van der Waals surface area contributed by atoms with Crippen LogP contribution in [0, 0.1) is 0 Å². The molecule has 0 fully saturated rings. The molecule has 0 amide bonds. The minimum atomic E-state index is 0.686. The summed E-state index contributed by atoms with van der Waals surface area (Å²) in [6.45, 7) is 0.686. The first-order valence-electron chi connectivity index (χ1n) is 4.75. The highest BCUT2D eigenvalue weighted by atomic mass is 16.5. The standard InChI is InChI=1S/C13H10O/c1-2-4-12-10(3-1)5-6-11-7-8-14-9-13(11)12/h1-7,9H,8H2. The molecule has 1 heterocycles. The van der Waals surface area contributed by atoms with Crippen molar-refractivity contribution in [1.29, 1.82) is 0 Å². The molecule has 0 atom stereocenters. The quantitative estimate of drug-likeness (QED) is 0.598. The van der Waals surface area contributed by atoms with Gasteiger partial charge in [0.1, 0.15) is 6.61 Å². The van der Waals surface area contributed by atoms with Crippen molar-refractivity contribution in [2.75, 3.05) is 6.61 Å². The molecule has 0 unspecified atom stereocenters. The number of rotatable bonds is 0. The molecule has 0 bridgehead atoms. The molecule has 14 heavy (non-hydrogen) atoms. The Morgan fingerprint density at radius 2 is 1.93 bits per heavy atom. The van der Waals surface area contributed by atoms with Gasteiger partial charge in [0, 0.05) is 5.22 Å². The maximum Gasteiger partial charge on any atom is 0.106 e. The van der Waals surface area contributed by atoms with Crippen molar-refractivity contribution in [3.8, 4) is 0 Å². The maximum atomic E-state index is 5.32. The Bertz CT molecular complexity index is 596. The number of hydrogen-bond donors (Lipinski definition) is 0. The van der Waals surface area contributed by atoms with Gasteiger partial charge in [-0.2, -0.15) is 0 Å². The molecule has 2 aromatic carbocycles. The smallest absolute Gasteiger partial charge is 0.106 e. The van der Waals surface area contributed by atoms with Crippen LogP contribution in [0.2, 0.25) is 0 Å². The van der Waals surface area contributed by atoms with Crippen LogP contribution in [0.3, 0.4) is 0 Å². The third-order valence-corrected chi connectivity index (χ3v) is 2.61. The molecule has 3 rings (SSSR count). The van der Waals surface area contributed by atoms with E-state index in [1.807, 2.05) is 6.26 Å². The van der Waals surface area contributed by atoms with Gasteiger partial charge in [-0.05, 0) is 22.1 Å². The summed E-state index contributed by atoms with van der Waals surface area (Å²) in [6.07, 6.45) is 3.97. The summed E-state index contributed by atoms with van der Waals surface area (Å²) < 4.78 is 5.32. The summed E-state index contributed by atoms with van der Waals surface area (Å²) in [7, 11) is 0. The van der Waals surface area contributed by atoms with Gasteiger partial charge in [0.15, 0.2) is 0 Å². The first-order valence-corrected chi connectivity index (χ1v) is 4.75. The van der Waals surface area contributed by atoms with Crippen LogP contribution in [0.25, 0.3) is 23.1 Å². The molecule has 1 aliphatic rings. The molecule has 0 saturated heterocycles. The van der Waals surface area contributed by atoms with Crippen LogP contribution in [0.4, 0.5) is 0 Å². The normalized spacial score (nSPS) is 13.7. The topological polar surface area (TPSA) is 9.23 Å². The summed E-state index contributed by atoms with van der Waals surface area (Å²) in [4.78, 5) is 0. The molecule has 1 nitrogen and oxygen atoms in total. The lowest BCUT2D eigenvalue weighted by Crippen LogP contribution is -2.28.